The maximum Gasteiger partial charge on any atom is 0.229 e. The number of halogens is 1. The summed E-state index contributed by atoms with van der Waals surface area (Å²) in [5.41, 5.74) is 2.59. The Hall–Kier alpha value is -1.47. The first-order chi connectivity index (χ1) is 11.9. The predicted molar refractivity (Wildman–Crippen MR) is 99.1 cm³/mol. The van der Waals surface area contributed by atoms with E-state index in [9.17, 15) is 4.79 Å². The highest BCUT2D eigenvalue weighted by atomic mass is 35.5. The molecule has 25 heavy (non-hydrogen) atoms. The van der Waals surface area contributed by atoms with E-state index in [2.05, 4.69) is 16.6 Å². The molecule has 7 heteroatoms. The van der Waals surface area contributed by atoms with Crippen LogP contribution >= 0.6 is 23.1 Å². The minimum Gasteiger partial charge on any atom is -0.343 e. The van der Waals surface area contributed by atoms with Gasteiger partial charge in [-0.25, -0.2) is 0 Å². The standard InChI is InChI=1S/C18H21ClN2O3S/c1-4-14-10-23-18(3,24-14)13-7-5-12(6-8-13)9-15(22)20-17-16(19)11(2)21-25-17/h5-8,14H,4,9-10H2,1-3H3,(H,20,22). The average molecular weight is 381 g/mol. The lowest BCUT2D eigenvalue weighted by molar-refractivity contribution is -0.161. The zero-order valence-electron chi connectivity index (χ0n) is 14.5. The molecule has 2 unspecified atom stereocenters. The zero-order chi connectivity index (χ0) is 18.0. The molecule has 0 aliphatic carbocycles. The molecule has 1 amide bonds. The van der Waals surface area contributed by atoms with Gasteiger partial charge in [-0.2, -0.15) is 4.37 Å². The zero-order valence-corrected chi connectivity index (χ0v) is 16.0. The first kappa shape index (κ1) is 18.3. The van der Waals surface area contributed by atoms with Crippen LogP contribution < -0.4 is 5.32 Å². The number of nitrogens with one attached hydrogen (secondary N) is 1. The quantitative estimate of drug-likeness (QED) is 0.840. The summed E-state index contributed by atoms with van der Waals surface area (Å²) < 4.78 is 15.9. The van der Waals surface area contributed by atoms with Gasteiger partial charge in [-0.15, -0.1) is 0 Å². The fraction of sp³-hybridized carbons (Fsp3) is 0.444. The van der Waals surface area contributed by atoms with E-state index < -0.39 is 5.79 Å². The average Bonchev–Trinajstić information content (AvgIpc) is 3.14. The van der Waals surface area contributed by atoms with Crippen LogP contribution in [0.25, 0.3) is 0 Å². The lowest BCUT2D eigenvalue weighted by Crippen LogP contribution is -2.23. The molecule has 1 saturated heterocycles. The Labute approximate surface area is 156 Å². The molecule has 1 N–H and O–H groups in total. The van der Waals surface area contributed by atoms with Crippen LogP contribution in [0, 0.1) is 6.92 Å². The fourth-order valence-corrected chi connectivity index (χ4v) is 3.66. The minimum absolute atomic E-state index is 0.121. The SMILES string of the molecule is CCC1COC(C)(c2ccc(CC(=O)Nc3snc(C)c3Cl)cc2)O1. The third kappa shape index (κ3) is 4.03. The molecule has 0 spiro atoms. The van der Waals surface area contributed by atoms with Gasteiger partial charge in [0.2, 0.25) is 5.91 Å². The van der Waals surface area contributed by atoms with Gasteiger partial charge in [0.05, 0.1) is 29.8 Å². The Balaban J connectivity index is 1.63. The van der Waals surface area contributed by atoms with Crippen molar-refractivity contribution in [3.63, 3.8) is 0 Å². The molecule has 3 rings (SSSR count). The number of benzene rings is 1. The first-order valence-corrected chi connectivity index (χ1v) is 9.39. The Morgan fingerprint density at radius 3 is 2.72 bits per heavy atom. The van der Waals surface area contributed by atoms with Crippen LogP contribution in [0.1, 0.15) is 37.1 Å². The third-order valence-corrected chi connectivity index (χ3v) is 5.71. The number of aromatic nitrogens is 1. The topological polar surface area (TPSA) is 60.5 Å². The van der Waals surface area contributed by atoms with Crippen LogP contribution in [-0.2, 0) is 26.5 Å². The molecule has 1 aromatic carbocycles. The molecule has 1 fully saturated rings. The molecule has 1 aromatic heterocycles. The van der Waals surface area contributed by atoms with Gasteiger partial charge in [0.1, 0.15) is 5.00 Å². The van der Waals surface area contributed by atoms with E-state index in [1.54, 1.807) is 0 Å². The minimum atomic E-state index is -0.713. The van der Waals surface area contributed by atoms with E-state index in [0.717, 1.165) is 23.2 Å². The Morgan fingerprint density at radius 1 is 1.44 bits per heavy atom. The van der Waals surface area contributed by atoms with Gasteiger partial charge in [-0.05, 0) is 37.4 Å². The van der Waals surface area contributed by atoms with Gasteiger partial charge in [0, 0.05) is 5.56 Å². The highest BCUT2D eigenvalue weighted by Gasteiger charge is 2.37. The van der Waals surface area contributed by atoms with Crippen LogP contribution in [0.5, 0.6) is 0 Å². The number of ether oxygens (including phenoxy) is 2. The van der Waals surface area contributed by atoms with Gasteiger partial charge >= 0.3 is 0 Å². The maximum atomic E-state index is 12.2. The number of anilines is 1. The molecule has 1 aliphatic heterocycles. The second-order valence-corrected chi connectivity index (χ2v) is 7.39. The van der Waals surface area contributed by atoms with Gasteiger partial charge < -0.3 is 14.8 Å². The van der Waals surface area contributed by atoms with Crippen molar-refractivity contribution in [1.29, 1.82) is 0 Å². The second-order valence-electron chi connectivity index (χ2n) is 6.24. The number of amides is 1. The molecule has 0 bridgehead atoms. The summed E-state index contributed by atoms with van der Waals surface area (Å²) in [6, 6.07) is 7.74. The summed E-state index contributed by atoms with van der Waals surface area (Å²) >= 11 is 7.28. The van der Waals surface area contributed by atoms with Gasteiger partial charge in [0.25, 0.3) is 0 Å². The highest BCUT2D eigenvalue weighted by Crippen LogP contribution is 2.35. The summed E-state index contributed by atoms with van der Waals surface area (Å²) in [5, 5.41) is 3.90. The van der Waals surface area contributed by atoms with Crippen molar-refractivity contribution in [2.45, 2.75) is 45.5 Å². The number of nitrogens with zero attached hydrogens (tertiary/aromatic N) is 1. The normalized spacial score (nSPS) is 23.0. The van der Waals surface area contributed by atoms with E-state index in [1.807, 2.05) is 38.1 Å². The molecular weight excluding hydrogens is 360 g/mol. The van der Waals surface area contributed by atoms with E-state index in [4.69, 9.17) is 21.1 Å². The van der Waals surface area contributed by atoms with E-state index >= 15 is 0 Å². The number of aryl methyl sites for hydroxylation is 1. The molecule has 2 heterocycles. The molecule has 5 nitrogen and oxygen atoms in total. The van der Waals surface area contributed by atoms with Crippen molar-refractivity contribution in [1.82, 2.24) is 4.37 Å². The second kappa shape index (κ2) is 7.41. The van der Waals surface area contributed by atoms with Crippen molar-refractivity contribution in [2.24, 2.45) is 0 Å². The van der Waals surface area contributed by atoms with E-state index in [-0.39, 0.29) is 18.4 Å². The molecule has 2 aromatic rings. The van der Waals surface area contributed by atoms with Crippen LogP contribution in [0.3, 0.4) is 0 Å². The lowest BCUT2D eigenvalue weighted by atomic mass is 10.0. The van der Waals surface area contributed by atoms with Crippen molar-refractivity contribution < 1.29 is 14.3 Å². The van der Waals surface area contributed by atoms with Crippen molar-refractivity contribution >= 4 is 34.0 Å². The van der Waals surface area contributed by atoms with Crippen LogP contribution in [0.15, 0.2) is 24.3 Å². The number of carbonyl (C=O) groups excluding carboxylic acids is 1. The van der Waals surface area contributed by atoms with Crippen LogP contribution in [0.2, 0.25) is 5.02 Å². The molecule has 0 radical (unpaired) electrons. The molecule has 1 aliphatic rings. The largest absolute Gasteiger partial charge is 0.343 e. The maximum absolute atomic E-state index is 12.2. The molecule has 0 saturated carbocycles. The Morgan fingerprint density at radius 2 is 2.16 bits per heavy atom. The summed E-state index contributed by atoms with van der Waals surface area (Å²) in [7, 11) is 0. The summed E-state index contributed by atoms with van der Waals surface area (Å²) in [5.74, 6) is -0.835. The van der Waals surface area contributed by atoms with Gasteiger partial charge in [0.15, 0.2) is 5.79 Å². The summed E-state index contributed by atoms with van der Waals surface area (Å²) in [4.78, 5) is 12.2. The number of rotatable bonds is 5. The van der Waals surface area contributed by atoms with Crippen LogP contribution in [-0.4, -0.2) is 23.0 Å². The summed E-state index contributed by atoms with van der Waals surface area (Å²) in [6.07, 6.45) is 1.32. The van der Waals surface area contributed by atoms with Gasteiger partial charge in [-0.1, -0.05) is 42.8 Å². The third-order valence-electron chi connectivity index (χ3n) is 4.28. The fourth-order valence-electron chi connectivity index (χ4n) is 2.71. The van der Waals surface area contributed by atoms with Crippen molar-refractivity contribution in [3.8, 4) is 0 Å². The van der Waals surface area contributed by atoms with Crippen molar-refractivity contribution in [3.05, 3.63) is 46.1 Å². The van der Waals surface area contributed by atoms with E-state index in [0.29, 0.717) is 16.6 Å². The summed E-state index contributed by atoms with van der Waals surface area (Å²) in [6.45, 7) is 6.42. The van der Waals surface area contributed by atoms with E-state index in [1.165, 1.54) is 11.5 Å². The Kier molecular flexibility index (Phi) is 5.43. The smallest absolute Gasteiger partial charge is 0.229 e. The number of hydrogen-bond donors (Lipinski definition) is 1. The molecule has 2 atom stereocenters. The molecule has 134 valence electrons. The number of carbonyl (C=O) groups is 1. The van der Waals surface area contributed by atoms with Crippen LogP contribution in [0.4, 0.5) is 5.00 Å². The highest BCUT2D eigenvalue weighted by molar-refractivity contribution is 7.11. The Bertz CT molecular complexity index is 762. The number of hydrogen-bond acceptors (Lipinski definition) is 5. The van der Waals surface area contributed by atoms with Crippen molar-refractivity contribution in [2.75, 3.05) is 11.9 Å². The predicted octanol–water partition coefficient (Wildman–Crippen LogP) is 4.28. The first-order valence-electron chi connectivity index (χ1n) is 8.24. The molecular formula is C18H21ClN2O3S. The lowest BCUT2D eigenvalue weighted by Gasteiger charge is -2.24. The monoisotopic (exact) mass is 380 g/mol. The van der Waals surface area contributed by atoms with Gasteiger partial charge in [-0.3, -0.25) is 4.79 Å².